The highest BCUT2D eigenvalue weighted by atomic mass is 15.2. The van der Waals surface area contributed by atoms with Crippen molar-refractivity contribution in [1.29, 1.82) is 0 Å². The maximum absolute atomic E-state index is 5.35. The molecule has 4 heterocycles. The Balaban J connectivity index is 1.30. The molecule has 0 fully saturated rings. The van der Waals surface area contributed by atoms with Crippen molar-refractivity contribution in [3.8, 4) is 39.8 Å². The lowest BCUT2D eigenvalue weighted by Crippen LogP contribution is -2.04. The Morgan fingerprint density at radius 2 is 0.925 bits per heavy atom. The smallest absolute Gasteiger partial charge is 0.235 e. The summed E-state index contributed by atoms with van der Waals surface area (Å²) in [6, 6.07) is 64.2. The average Bonchev–Trinajstić information content (AvgIpc) is 3.92. The molecule has 53 heavy (non-hydrogen) atoms. The summed E-state index contributed by atoms with van der Waals surface area (Å²) in [6.07, 6.45) is 2.19. The van der Waals surface area contributed by atoms with Gasteiger partial charge in [0.2, 0.25) is 5.95 Å². The minimum absolute atomic E-state index is 0.640. The summed E-state index contributed by atoms with van der Waals surface area (Å²) in [5, 5.41) is 5.87. The van der Waals surface area contributed by atoms with E-state index >= 15 is 0 Å². The average molecular weight is 678 g/mol. The van der Waals surface area contributed by atoms with Crippen LogP contribution in [0.2, 0.25) is 0 Å². The minimum Gasteiger partial charge on any atom is -0.316 e. The van der Waals surface area contributed by atoms with Gasteiger partial charge in [-0.3, -0.25) is 4.57 Å². The number of benzene rings is 7. The van der Waals surface area contributed by atoms with Gasteiger partial charge in [0.25, 0.3) is 0 Å². The van der Waals surface area contributed by atoms with Gasteiger partial charge in [-0.25, -0.2) is 9.97 Å². The zero-order chi connectivity index (χ0) is 34.9. The number of aromatic nitrogens is 5. The molecule has 4 aromatic heterocycles. The molecule has 0 bridgehead atoms. The third-order valence-electron chi connectivity index (χ3n) is 10.5. The van der Waals surface area contributed by atoms with E-state index in [1.807, 2.05) is 12.1 Å². The van der Waals surface area contributed by atoms with Crippen LogP contribution in [0.15, 0.2) is 188 Å². The summed E-state index contributed by atoms with van der Waals surface area (Å²) < 4.78 is 7.00. The quantitative estimate of drug-likeness (QED) is 0.182. The van der Waals surface area contributed by atoms with Crippen molar-refractivity contribution in [1.82, 2.24) is 23.7 Å². The lowest BCUT2D eigenvalue weighted by Gasteiger charge is -2.12. The zero-order valence-electron chi connectivity index (χ0n) is 28.6. The molecule has 0 spiro atoms. The van der Waals surface area contributed by atoms with E-state index in [1.165, 1.54) is 21.7 Å². The number of rotatable bonds is 5. The van der Waals surface area contributed by atoms with Crippen LogP contribution in [-0.2, 0) is 0 Å². The van der Waals surface area contributed by atoms with E-state index in [9.17, 15) is 0 Å². The van der Waals surface area contributed by atoms with Gasteiger partial charge in [-0.15, -0.1) is 0 Å². The van der Waals surface area contributed by atoms with Gasteiger partial charge in [-0.1, -0.05) is 121 Å². The van der Waals surface area contributed by atoms with E-state index in [0.717, 1.165) is 66.7 Å². The molecule has 0 radical (unpaired) electrons. The minimum atomic E-state index is 0.640. The molecule has 0 unspecified atom stereocenters. The highest BCUT2D eigenvalue weighted by Gasteiger charge is 2.24. The predicted molar refractivity (Wildman–Crippen MR) is 218 cm³/mol. The van der Waals surface area contributed by atoms with Gasteiger partial charge >= 0.3 is 0 Å². The van der Waals surface area contributed by atoms with E-state index in [4.69, 9.17) is 9.97 Å². The fourth-order valence-electron chi connectivity index (χ4n) is 8.18. The third-order valence-corrected chi connectivity index (χ3v) is 10.5. The Labute approximate surface area is 305 Å². The summed E-state index contributed by atoms with van der Waals surface area (Å²) in [6.45, 7) is 0. The van der Waals surface area contributed by atoms with Crippen LogP contribution in [0.1, 0.15) is 0 Å². The normalized spacial score (nSPS) is 11.8. The zero-order valence-corrected chi connectivity index (χ0v) is 28.6. The number of hydrogen-bond donors (Lipinski definition) is 0. The highest BCUT2D eigenvalue weighted by molar-refractivity contribution is 6.29. The topological polar surface area (TPSA) is 40.6 Å². The second-order valence-corrected chi connectivity index (χ2v) is 13.5. The van der Waals surface area contributed by atoms with E-state index < -0.39 is 0 Å². The summed E-state index contributed by atoms with van der Waals surface area (Å²) >= 11 is 0. The number of para-hydroxylation sites is 3. The largest absolute Gasteiger partial charge is 0.316 e. The molecule has 0 saturated heterocycles. The molecule has 0 aliphatic heterocycles. The molecule has 11 rings (SSSR count). The molecule has 0 aliphatic rings. The first-order chi connectivity index (χ1) is 26.3. The van der Waals surface area contributed by atoms with Gasteiger partial charge in [0.1, 0.15) is 0 Å². The second-order valence-electron chi connectivity index (χ2n) is 13.5. The van der Waals surface area contributed by atoms with Crippen LogP contribution in [-0.4, -0.2) is 23.7 Å². The molecule has 5 heteroatoms. The Kier molecular flexibility index (Phi) is 6.48. The number of nitrogens with zero attached hydrogens (tertiary/aromatic N) is 5. The van der Waals surface area contributed by atoms with Crippen LogP contribution >= 0.6 is 0 Å². The summed E-state index contributed by atoms with van der Waals surface area (Å²) in [7, 11) is 0. The molecular weight excluding hydrogens is 647 g/mol. The van der Waals surface area contributed by atoms with E-state index in [-0.39, 0.29) is 0 Å². The Bertz CT molecular complexity index is 3080. The third kappa shape index (κ3) is 4.51. The van der Waals surface area contributed by atoms with E-state index in [1.54, 1.807) is 0 Å². The van der Waals surface area contributed by atoms with Crippen molar-refractivity contribution in [2.75, 3.05) is 0 Å². The Hall–Kier alpha value is -7.24. The van der Waals surface area contributed by atoms with Crippen LogP contribution in [0.4, 0.5) is 0 Å². The van der Waals surface area contributed by atoms with Crippen LogP contribution < -0.4 is 0 Å². The maximum atomic E-state index is 5.35. The summed E-state index contributed by atoms with van der Waals surface area (Å²) in [5.41, 5.74) is 11.7. The molecule has 0 aliphatic carbocycles. The monoisotopic (exact) mass is 677 g/mol. The van der Waals surface area contributed by atoms with Crippen molar-refractivity contribution in [2.24, 2.45) is 0 Å². The molecule has 248 valence electrons. The fourth-order valence-corrected chi connectivity index (χ4v) is 8.18. The van der Waals surface area contributed by atoms with Crippen molar-refractivity contribution >= 4 is 54.5 Å². The van der Waals surface area contributed by atoms with Gasteiger partial charge < -0.3 is 9.13 Å². The SMILES string of the molecule is c1ccc(-c2cc(-c3ccccc3)nc(-n3c4ccccc4c4ccc5c(c6ccc7c(ccn7-c7ccccc7)c6n5-c5ccccc5)c43)n2)cc1. The van der Waals surface area contributed by atoms with E-state index in [0.29, 0.717) is 5.95 Å². The van der Waals surface area contributed by atoms with Crippen molar-refractivity contribution in [2.45, 2.75) is 0 Å². The molecule has 0 atom stereocenters. The molecule has 0 amide bonds. The Morgan fingerprint density at radius 3 is 1.60 bits per heavy atom. The van der Waals surface area contributed by atoms with E-state index in [2.05, 4.69) is 190 Å². The van der Waals surface area contributed by atoms with Crippen molar-refractivity contribution in [3.63, 3.8) is 0 Å². The maximum Gasteiger partial charge on any atom is 0.235 e. The fraction of sp³-hybridized carbons (Fsp3) is 0. The number of hydrogen-bond acceptors (Lipinski definition) is 2. The molecule has 5 nitrogen and oxygen atoms in total. The summed E-state index contributed by atoms with van der Waals surface area (Å²) in [4.78, 5) is 10.7. The van der Waals surface area contributed by atoms with Crippen molar-refractivity contribution in [3.05, 3.63) is 188 Å². The first-order valence-corrected chi connectivity index (χ1v) is 17.9. The van der Waals surface area contributed by atoms with Gasteiger partial charge in [0.15, 0.2) is 0 Å². The lowest BCUT2D eigenvalue weighted by atomic mass is 10.1. The molecule has 0 N–H and O–H groups in total. The van der Waals surface area contributed by atoms with Crippen LogP contribution in [0, 0.1) is 0 Å². The standard InChI is InChI=1S/C48H31N5/c1-5-15-32(16-6-1)40-31-41(33-17-7-2-8-18-33)50-48(49-40)53-43-24-14-13-23-36(43)37-25-28-44-45(47(37)53)39-26-27-42-38(29-30-51(42)34-19-9-3-10-20-34)46(39)52(44)35-21-11-4-12-22-35/h1-31H. The first-order valence-electron chi connectivity index (χ1n) is 17.9. The summed E-state index contributed by atoms with van der Waals surface area (Å²) in [5.74, 6) is 0.640. The van der Waals surface area contributed by atoms with Gasteiger partial charge in [-0.2, -0.15) is 0 Å². The number of fused-ring (bicyclic) bond motifs is 9. The second kappa shape index (κ2) is 11.7. The molecule has 7 aromatic carbocycles. The Morgan fingerprint density at radius 1 is 0.358 bits per heavy atom. The first kappa shape index (κ1) is 29.5. The molecular formula is C48H31N5. The molecule has 11 aromatic rings. The highest BCUT2D eigenvalue weighted by Crippen LogP contribution is 2.44. The van der Waals surface area contributed by atoms with Crippen LogP contribution in [0.25, 0.3) is 94.4 Å². The van der Waals surface area contributed by atoms with Gasteiger partial charge in [0.05, 0.1) is 39.0 Å². The van der Waals surface area contributed by atoms with Crippen LogP contribution in [0.3, 0.4) is 0 Å². The lowest BCUT2D eigenvalue weighted by molar-refractivity contribution is 0.998. The van der Waals surface area contributed by atoms with Crippen LogP contribution in [0.5, 0.6) is 0 Å². The van der Waals surface area contributed by atoms with Gasteiger partial charge in [0, 0.05) is 55.6 Å². The van der Waals surface area contributed by atoms with Gasteiger partial charge in [-0.05, 0) is 60.7 Å². The predicted octanol–water partition coefficient (Wildman–Crippen LogP) is 11.9. The molecule has 0 saturated carbocycles. The van der Waals surface area contributed by atoms with Crippen molar-refractivity contribution < 1.29 is 0 Å².